The van der Waals surface area contributed by atoms with Gasteiger partial charge in [-0.25, -0.2) is 8.42 Å². The first-order valence-electron chi connectivity index (χ1n) is 8.84. The number of carbonyl (C=O) groups excluding carboxylic acids is 1. The van der Waals surface area contributed by atoms with Crippen LogP contribution in [0.3, 0.4) is 0 Å². The summed E-state index contributed by atoms with van der Waals surface area (Å²) in [4.78, 5) is 25.7. The van der Waals surface area contributed by atoms with Crippen molar-refractivity contribution >= 4 is 32.5 Å². The van der Waals surface area contributed by atoms with Gasteiger partial charge in [-0.15, -0.1) is 0 Å². The number of hydrogen-bond donors (Lipinski definition) is 2. The molecule has 1 aromatic heterocycles. The molecule has 0 radical (unpaired) electrons. The summed E-state index contributed by atoms with van der Waals surface area (Å²) in [7, 11) is -3.53. The molecular formula is C17H22N4O6S. The van der Waals surface area contributed by atoms with Gasteiger partial charge in [0.2, 0.25) is 10.0 Å². The van der Waals surface area contributed by atoms with E-state index in [1.165, 1.54) is 28.7 Å². The lowest BCUT2D eigenvalue weighted by Gasteiger charge is -2.34. The second-order valence-corrected chi connectivity index (χ2v) is 8.92. The highest BCUT2D eigenvalue weighted by molar-refractivity contribution is 7.89. The third-order valence-electron chi connectivity index (χ3n) is 4.55. The highest BCUT2D eigenvalue weighted by atomic mass is 32.2. The van der Waals surface area contributed by atoms with Crippen LogP contribution in [0.25, 0.3) is 10.9 Å². The van der Waals surface area contributed by atoms with E-state index in [1.807, 2.05) is 13.8 Å². The van der Waals surface area contributed by atoms with E-state index >= 15 is 0 Å². The van der Waals surface area contributed by atoms with E-state index in [9.17, 15) is 23.3 Å². The molecule has 0 aliphatic carbocycles. The maximum Gasteiger partial charge on any atom is 0.270 e. The summed E-state index contributed by atoms with van der Waals surface area (Å²) in [6.07, 6.45) is 1.08. The van der Waals surface area contributed by atoms with E-state index in [0.29, 0.717) is 10.9 Å². The van der Waals surface area contributed by atoms with Gasteiger partial charge in [0, 0.05) is 48.9 Å². The molecule has 0 bridgehead atoms. The Kier molecular flexibility index (Phi) is 5.68. The Morgan fingerprint density at radius 1 is 1.36 bits per heavy atom. The Morgan fingerprint density at radius 3 is 2.68 bits per heavy atom. The van der Waals surface area contributed by atoms with Gasteiger partial charge in [0.1, 0.15) is 0 Å². The van der Waals surface area contributed by atoms with Gasteiger partial charge in [0.25, 0.3) is 11.6 Å². The lowest BCUT2D eigenvalue weighted by Crippen LogP contribution is -2.49. The van der Waals surface area contributed by atoms with E-state index in [0.717, 1.165) is 0 Å². The van der Waals surface area contributed by atoms with Crippen LogP contribution >= 0.6 is 0 Å². The number of aromatic amines is 1. The number of nitro benzene ring substituents is 1. The minimum atomic E-state index is -3.53. The number of nitro groups is 1. The van der Waals surface area contributed by atoms with Crippen LogP contribution in [0.1, 0.15) is 24.2 Å². The number of fused-ring (bicyclic) bond motifs is 1. The highest BCUT2D eigenvalue weighted by Gasteiger charge is 2.30. The van der Waals surface area contributed by atoms with Crippen molar-refractivity contribution in [3.8, 4) is 0 Å². The second kappa shape index (κ2) is 7.86. The number of benzene rings is 1. The van der Waals surface area contributed by atoms with Crippen molar-refractivity contribution in [1.82, 2.24) is 14.6 Å². The van der Waals surface area contributed by atoms with E-state index in [1.54, 1.807) is 0 Å². The predicted octanol–water partition coefficient (Wildman–Crippen LogP) is 1.24. The number of carbonyl (C=O) groups is 1. The first kappa shape index (κ1) is 20.2. The van der Waals surface area contributed by atoms with Crippen molar-refractivity contribution in [2.75, 3.05) is 25.4 Å². The molecule has 1 amide bonds. The zero-order valence-electron chi connectivity index (χ0n) is 15.5. The lowest BCUT2D eigenvalue weighted by molar-refractivity contribution is -0.384. The molecule has 11 heteroatoms. The normalized spacial score (nSPS) is 20.9. The van der Waals surface area contributed by atoms with Crippen molar-refractivity contribution < 1.29 is 22.9 Å². The van der Waals surface area contributed by atoms with Crippen LogP contribution in [-0.2, 0) is 14.8 Å². The summed E-state index contributed by atoms with van der Waals surface area (Å²) in [5.41, 5.74) is 0.684. The zero-order valence-corrected chi connectivity index (χ0v) is 16.4. The molecule has 1 aliphatic heterocycles. The first-order chi connectivity index (χ1) is 13.2. The van der Waals surface area contributed by atoms with Crippen molar-refractivity contribution in [1.29, 1.82) is 0 Å². The predicted molar refractivity (Wildman–Crippen MR) is 103 cm³/mol. The molecule has 152 valence electrons. The van der Waals surface area contributed by atoms with Crippen LogP contribution in [-0.4, -0.2) is 66.1 Å². The Morgan fingerprint density at radius 2 is 2.04 bits per heavy atom. The average molecular weight is 410 g/mol. The van der Waals surface area contributed by atoms with Gasteiger partial charge >= 0.3 is 0 Å². The molecular weight excluding hydrogens is 388 g/mol. The SMILES string of the molecule is CC1CN(S(=O)(=O)CCNC(=O)c2c[nH]c3ccc([N+](=O)[O-])cc23)CC(C)O1. The number of nitrogens with one attached hydrogen (secondary N) is 2. The van der Waals surface area contributed by atoms with Crippen LogP contribution in [0.15, 0.2) is 24.4 Å². The van der Waals surface area contributed by atoms with Crippen LogP contribution in [0.4, 0.5) is 5.69 Å². The Labute approximate surface area is 162 Å². The summed E-state index contributed by atoms with van der Waals surface area (Å²) in [6.45, 7) is 4.13. The summed E-state index contributed by atoms with van der Waals surface area (Å²) >= 11 is 0. The van der Waals surface area contributed by atoms with E-state index in [4.69, 9.17) is 4.74 Å². The fourth-order valence-corrected chi connectivity index (χ4v) is 4.78. The largest absolute Gasteiger partial charge is 0.373 e. The minimum Gasteiger partial charge on any atom is -0.373 e. The topological polar surface area (TPSA) is 135 Å². The van der Waals surface area contributed by atoms with Crippen molar-refractivity contribution in [2.24, 2.45) is 0 Å². The number of H-pyrrole nitrogens is 1. The minimum absolute atomic E-state index is 0.0666. The number of rotatable bonds is 6. The number of aromatic nitrogens is 1. The van der Waals surface area contributed by atoms with Gasteiger partial charge in [-0.2, -0.15) is 4.31 Å². The Hall–Kier alpha value is -2.50. The molecule has 2 N–H and O–H groups in total. The number of sulfonamides is 1. The van der Waals surface area contributed by atoms with E-state index in [-0.39, 0.29) is 48.8 Å². The summed E-state index contributed by atoms with van der Waals surface area (Å²) in [5, 5.41) is 13.9. The monoisotopic (exact) mass is 410 g/mol. The van der Waals surface area contributed by atoms with Crippen molar-refractivity contribution in [2.45, 2.75) is 26.1 Å². The zero-order chi connectivity index (χ0) is 20.5. The average Bonchev–Trinajstić information content (AvgIpc) is 3.03. The van der Waals surface area contributed by atoms with Crippen molar-refractivity contribution in [3.63, 3.8) is 0 Å². The first-order valence-corrected chi connectivity index (χ1v) is 10.5. The smallest absolute Gasteiger partial charge is 0.270 e. The Balaban J connectivity index is 1.65. The molecule has 2 aromatic rings. The van der Waals surface area contributed by atoms with E-state index < -0.39 is 20.9 Å². The molecule has 28 heavy (non-hydrogen) atoms. The number of morpholine rings is 1. The molecule has 2 unspecified atom stereocenters. The highest BCUT2D eigenvalue weighted by Crippen LogP contribution is 2.23. The molecule has 0 saturated carbocycles. The van der Waals surface area contributed by atoms with Crippen LogP contribution in [0.5, 0.6) is 0 Å². The van der Waals surface area contributed by atoms with Gasteiger partial charge in [0.15, 0.2) is 0 Å². The standard InChI is InChI=1S/C17H22N4O6S/c1-11-9-20(10-12(2)27-11)28(25,26)6-5-18-17(22)15-8-19-16-4-3-13(21(23)24)7-14(15)16/h3-4,7-8,11-12,19H,5-6,9-10H2,1-2H3,(H,18,22). The van der Waals surface area contributed by atoms with Gasteiger partial charge in [0.05, 0.1) is 28.4 Å². The summed E-state index contributed by atoms with van der Waals surface area (Å²) < 4.78 is 32.0. The molecule has 3 rings (SSSR count). The molecule has 0 spiro atoms. The molecule has 2 atom stereocenters. The van der Waals surface area contributed by atoms with Crippen molar-refractivity contribution in [3.05, 3.63) is 40.1 Å². The molecule has 2 heterocycles. The number of non-ortho nitro benzene ring substituents is 1. The fraction of sp³-hybridized carbons (Fsp3) is 0.471. The number of nitrogens with zero attached hydrogens (tertiary/aromatic N) is 2. The number of hydrogen-bond acceptors (Lipinski definition) is 6. The molecule has 10 nitrogen and oxygen atoms in total. The molecule has 1 aliphatic rings. The maximum atomic E-state index is 12.5. The van der Waals surface area contributed by atoms with Gasteiger partial charge in [-0.3, -0.25) is 14.9 Å². The quantitative estimate of drug-likeness (QED) is 0.543. The third-order valence-corrected chi connectivity index (χ3v) is 6.35. The summed E-state index contributed by atoms with van der Waals surface area (Å²) in [6, 6.07) is 4.18. The molecule has 1 saturated heterocycles. The Bertz CT molecular complexity index is 992. The second-order valence-electron chi connectivity index (χ2n) is 6.84. The lowest BCUT2D eigenvalue weighted by atomic mass is 10.1. The van der Waals surface area contributed by atoms with Crippen LogP contribution in [0, 0.1) is 10.1 Å². The number of ether oxygens (including phenoxy) is 1. The fourth-order valence-electron chi connectivity index (χ4n) is 3.29. The van der Waals surface area contributed by atoms with E-state index in [2.05, 4.69) is 10.3 Å². The van der Waals surface area contributed by atoms with Gasteiger partial charge in [-0.05, 0) is 19.9 Å². The number of amides is 1. The van der Waals surface area contributed by atoms with Crippen LogP contribution < -0.4 is 5.32 Å². The third kappa shape index (κ3) is 4.32. The van der Waals surface area contributed by atoms with Gasteiger partial charge in [-0.1, -0.05) is 0 Å². The summed E-state index contributed by atoms with van der Waals surface area (Å²) in [5.74, 6) is -0.730. The molecule has 1 fully saturated rings. The van der Waals surface area contributed by atoms with Gasteiger partial charge < -0.3 is 15.0 Å². The molecule has 1 aromatic carbocycles. The maximum absolute atomic E-state index is 12.5. The van der Waals surface area contributed by atoms with Crippen LogP contribution in [0.2, 0.25) is 0 Å².